The molecule has 1 aromatic carbocycles. The summed E-state index contributed by atoms with van der Waals surface area (Å²) in [6, 6.07) is 8.99. The van der Waals surface area contributed by atoms with Gasteiger partial charge < -0.3 is 4.74 Å². The minimum absolute atomic E-state index is 0.742. The van der Waals surface area contributed by atoms with Crippen LogP contribution >= 0.6 is 0 Å². The fourth-order valence-electron chi connectivity index (χ4n) is 3.33. The summed E-state index contributed by atoms with van der Waals surface area (Å²) in [5.74, 6) is 1.79. The lowest BCUT2D eigenvalue weighted by atomic mass is 9.79. The van der Waals surface area contributed by atoms with Crippen molar-refractivity contribution in [2.75, 3.05) is 6.61 Å². The molecular formula is C20H30O. The fraction of sp³-hybridized carbons (Fsp3) is 0.600. The summed E-state index contributed by atoms with van der Waals surface area (Å²) >= 11 is 0. The van der Waals surface area contributed by atoms with Gasteiger partial charge in [-0.2, -0.15) is 0 Å². The highest BCUT2D eigenvalue weighted by atomic mass is 16.5. The van der Waals surface area contributed by atoms with Gasteiger partial charge in [-0.3, -0.25) is 0 Å². The second-order valence-corrected chi connectivity index (χ2v) is 6.30. The van der Waals surface area contributed by atoms with Gasteiger partial charge >= 0.3 is 0 Å². The van der Waals surface area contributed by atoms with Crippen molar-refractivity contribution in [1.82, 2.24) is 0 Å². The maximum Gasteiger partial charge on any atom is 0.0716 e. The summed E-state index contributed by atoms with van der Waals surface area (Å²) in [7, 11) is 0. The van der Waals surface area contributed by atoms with Gasteiger partial charge in [-0.15, -0.1) is 0 Å². The molecule has 0 aliphatic heterocycles. The molecule has 0 aromatic heterocycles. The Morgan fingerprint density at radius 3 is 2.33 bits per heavy atom. The average molecular weight is 286 g/mol. The molecule has 1 aliphatic carbocycles. The molecule has 21 heavy (non-hydrogen) atoms. The normalized spacial score (nSPS) is 22.8. The summed E-state index contributed by atoms with van der Waals surface area (Å²) in [5, 5.41) is 0. The lowest BCUT2D eigenvalue weighted by Gasteiger charge is -2.26. The Hall–Kier alpha value is -1.08. The minimum atomic E-state index is 0.742. The van der Waals surface area contributed by atoms with Gasteiger partial charge in [0.25, 0.3) is 0 Å². The van der Waals surface area contributed by atoms with Gasteiger partial charge in [-0.25, -0.2) is 0 Å². The quantitative estimate of drug-likeness (QED) is 0.598. The second-order valence-electron chi connectivity index (χ2n) is 6.30. The van der Waals surface area contributed by atoms with Crippen LogP contribution in [0.25, 0.3) is 0 Å². The topological polar surface area (TPSA) is 9.23 Å². The summed E-state index contributed by atoms with van der Waals surface area (Å²) in [6.45, 7) is 5.71. The van der Waals surface area contributed by atoms with E-state index >= 15 is 0 Å². The monoisotopic (exact) mass is 286 g/mol. The molecule has 0 unspecified atom stereocenters. The fourth-order valence-corrected chi connectivity index (χ4v) is 3.33. The Balaban J connectivity index is 1.71. The zero-order chi connectivity index (χ0) is 14.9. The van der Waals surface area contributed by atoms with E-state index in [1.54, 1.807) is 0 Å². The third-order valence-corrected chi connectivity index (χ3v) is 4.69. The van der Waals surface area contributed by atoms with Crippen LogP contribution in [0.1, 0.15) is 57.1 Å². The molecule has 0 bridgehead atoms. The molecule has 0 saturated heterocycles. The van der Waals surface area contributed by atoms with E-state index in [-0.39, 0.29) is 0 Å². The maximum absolute atomic E-state index is 5.44. The van der Waals surface area contributed by atoms with Gasteiger partial charge in [0.05, 0.1) is 6.61 Å². The Bertz CT molecular complexity index is 410. The van der Waals surface area contributed by atoms with E-state index in [9.17, 15) is 0 Å². The van der Waals surface area contributed by atoms with E-state index in [1.165, 1.54) is 49.7 Å². The van der Waals surface area contributed by atoms with Gasteiger partial charge in [0.2, 0.25) is 0 Å². The molecule has 0 amide bonds. The van der Waals surface area contributed by atoms with E-state index in [1.807, 2.05) is 6.92 Å². The van der Waals surface area contributed by atoms with Crippen LogP contribution in [0.2, 0.25) is 0 Å². The number of benzene rings is 1. The van der Waals surface area contributed by atoms with E-state index in [0.29, 0.717) is 0 Å². The lowest BCUT2D eigenvalue weighted by molar-refractivity contribution is 0.134. The zero-order valence-electron chi connectivity index (χ0n) is 13.7. The first-order chi connectivity index (χ1) is 10.3. The van der Waals surface area contributed by atoms with Crippen LogP contribution in [0.3, 0.4) is 0 Å². The summed E-state index contributed by atoms with van der Waals surface area (Å²) in [4.78, 5) is 0. The molecule has 0 heterocycles. The Morgan fingerprint density at radius 2 is 1.71 bits per heavy atom. The Morgan fingerprint density at radius 1 is 1.05 bits per heavy atom. The SMILES string of the molecule is C/C=C\C1CCC(CCc2ccc(COCC)cc2)CC1. The predicted octanol–water partition coefficient (Wildman–Crippen LogP) is 5.54. The van der Waals surface area contributed by atoms with Crippen molar-refractivity contribution < 1.29 is 4.74 Å². The molecule has 0 N–H and O–H groups in total. The van der Waals surface area contributed by atoms with Crippen LogP contribution in [-0.2, 0) is 17.8 Å². The molecule has 1 fully saturated rings. The molecular weight excluding hydrogens is 256 g/mol. The first-order valence-electron chi connectivity index (χ1n) is 8.60. The van der Waals surface area contributed by atoms with E-state index in [4.69, 9.17) is 4.74 Å². The van der Waals surface area contributed by atoms with Crippen molar-refractivity contribution in [1.29, 1.82) is 0 Å². The van der Waals surface area contributed by atoms with Crippen LogP contribution in [0.5, 0.6) is 0 Å². The molecule has 0 atom stereocenters. The van der Waals surface area contributed by atoms with Crippen molar-refractivity contribution in [3.63, 3.8) is 0 Å². The molecule has 1 heteroatoms. The smallest absolute Gasteiger partial charge is 0.0716 e. The van der Waals surface area contributed by atoms with Crippen LogP contribution in [-0.4, -0.2) is 6.61 Å². The van der Waals surface area contributed by atoms with E-state index < -0.39 is 0 Å². The van der Waals surface area contributed by atoms with Gasteiger partial charge in [-0.05, 0) is 75.3 Å². The molecule has 2 rings (SSSR count). The molecule has 1 aliphatic rings. The molecule has 1 nitrogen and oxygen atoms in total. The van der Waals surface area contributed by atoms with Crippen molar-refractivity contribution in [3.05, 3.63) is 47.5 Å². The van der Waals surface area contributed by atoms with Gasteiger partial charge in [-0.1, -0.05) is 36.4 Å². The maximum atomic E-state index is 5.44. The predicted molar refractivity (Wildman–Crippen MR) is 90.4 cm³/mol. The lowest BCUT2D eigenvalue weighted by Crippen LogP contribution is -2.13. The van der Waals surface area contributed by atoms with Crippen LogP contribution in [0.4, 0.5) is 0 Å². The van der Waals surface area contributed by atoms with Crippen LogP contribution in [0.15, 0.2) is 36.4 Å². The first-order valence-corrected chi connectivity index (χ1v) is 8.60. The number of rotatable bonds is 7. The van der Waals surface area contributed by atoms with Crippen molar-refractivity contribution in [3.8, 4) is 0 Å². The number of hydrogen-bond acceptors (Lipinski definition) is 1. The second kappa shape index (κ2) is 9.04. The highest BCUT2D eigenvalue weighted by Crippen LogP contribution is 2.32. The molecule has 0 radical (unpaired) electrons. The summed E-state index contributed by atoms with van der Waals surface area (Å²) in [6.07, 6.45) is 12.8. The van der Waals surface area contributed by atoms with Crippen LogP contribution in [0, 0.1) is 11.8 Å². The number of hydrogen-bond donors (Lipinski definition) is 0. The third-order valence-electron chi connectivity index (χ3n) is 4.69. The molecule has 1 saturated carbocycles. The van der Waals surface area contributed by atoms with Gasteiger partial charge in [0.15, 0.2) is 0 Å². The van der Waals surface area contributed by atoms with Gasteiger partial charge in [0.1, 0.15) is 0 Å². The molecule has 1 aromatic rings. The third kappa shape index (κ3) is 5.67. The number of ether oxygens (including phenoxy) is 1. The van der Waals surface area contributed by atoms with Crippen molar-refractivity contribution in [2.45, 2.75) is 59.0 Å². The van der Waals surface area contributed by atoms with Crippen LogP contribution < -0.4 is 0 Å². The van der Waals surface area contributed by atoms with E-state index in [2.05, 4.69) is 43.3 Å². The highest BCUT2D eigenvalue weighted by Gasteiger charge is 2.18. The Labute approximate surface area is 130 Å². The van der Waals surface area contributed by atoms with Crippen molar-refractivity contribution in [2.24, 2.45) is 11.8 Å². The highest BCUT2D eigenvalue weighted by molar-refractivity contribution is 5.22. The van der Waals surface area contributed by atoms with Crippen molar-refractivity contribution >= 4 is 0 Å². The molecule has 116 valence electrons. The number of allylic oxidation sites excluding steroid dienone is 2. The standard InChI is InChI=1S/C20H30O/c1-3-5-17-6-8-18(9-7-17)10-11-19-12-14-20(15-13-19)16-21-4-2/h3,5,12-15,17-18H,4,6-11,16H2,1-2H3/b5-3-. The minimum Gasteiger partial charge on any atom is -0.377 e. The molecule has 0 spiro atoms. The first kappa shape index (κ1) is 16.3. The summed E-state index contributed by atoms with van der Waals surface area (Å²) in [5.41, 5.74) is 2.76. The largest absolute Gasteiger partial charge is 0.377 e. The number of aryl methyl sites for hydroxylation is 1. The van der Waals surface area contributed by atoms with Gasteiger partial charge in [0, 0.05) is 6.61 Å². The summed E-state index contributed by atoms with van der Waals surface area (Å²) < 4.78 is 5.44. The van der Waals surface area contributed by atoms with E-state index in [0.717, 1.165) is 25.0 Å². The average Bonchev–Trinajstić information content (AvgIpc) is 2.53. The Kier molecular flexibility index (Phi) is 7.02. The zero-order valence-corrected chi connectivity index (χ0v) is 13.7.